The van der Waals surface area contributed by atoms with Crippen LogP contribution in [0.15, 0.2) is 30.5 Å². The van der Waals surface area contributed by atoms with E-state index < -0.39 is 5.91 Å². The summed E-state index contributed by atoms with van der Waals surface area (Å²) in [4.78, 5) is 40.7. The quantitative estimate of drug-likeness (QED) is 0.470. The van der Waals surface area contributed by atoms with E-state index in [0.29, 0.717) is 24.3 Å². The number of benzene rings is 1. The van der Waals surface area contributed by atoms with Crippen molar-refractivity contribution in [2.45, 2.75) is 37.6 Å². The molecule has 200 valence electrons. The third-order valence-electron chi connectivity index (χ3n) is 7.69. The lowest BCUT2D eigenvalue weighted by molar-refractivity contribution is -0.117. The van der Waals surface area contributed by atoms with E-state index in [1.165, 1.54) is 18.4 Å². The molecular weight excluding hydrogens is 468 g/mol. The lowest BCUT2D eigenvalue weighted by atomic mass is 9.89. The lowest BCUT2D eigenvalue weighted by Gasteiger charge is -2.38. The first kappa shape index (κ1) is 26.8. The average molecular weight is 509 g/mol. The minimum atomic E-state index is -0.611. The first-order valence-electron chi connectivity index (χ1n) is 13.2. The summed E-state index contributed by atoms with van der Waals surface area (Å²) in [7, 11) is 6.06. The fraction of sp³-hybridized carbons (Fsp3) is 0.556. The van der Waals surface area contributed by atoms with Crippen LogP contribution in [-0.2, 0) is 4.79 Å². The van der Waals surface area contributed by atoms with Gasteiger partial charge in [0.05, 0.1) is 6.20 Å². The van der Waals surface area contributed by atoms with Gasteiger partial charge in [-0.05, 0) is 76.5 Å². The van der Waals surface area contributed by atoms with Gasteiger partial charge < -0.3 is 25.8 Å². The number of carbonyl (C=O) groups excluding carboxylic acids is 2. The zero-order valence-electron chi connectivity index (χ0n) is 22.3. The number of rotatable bonds is 10. The van der Waals surface area contributed by atoms with Crippen LogP contribution in [-0.4, -0.2) is 103 Å². The number of anilines is 3. The van der Waals surface area contributed by atoms with Gasteiger partial charge in [0.1, 0.15) is 5.82 Å². The van der Waals surface area contributed by atoms with E-state index >= 15 is 0 Å². The largest absolute Gasteiger partial charge is 0.364 e. The van der Waals surface area contributed by atoms with Gasteiger partial charge in [0.2, 0.25) is 6.41 Å². The fourth-order valence-corrected chi connectivity index (χ4v) is 5.19. The number of nitrogens with zero attached hydrogens (tertiary/aromatic N) is 6. The van der Waals surface area contributed by atoms with Gasteiger partial charge in [-0.15, -0.1) is 0 Å². The topological polar surface area (TPSA) is 111 Å². The summed E-state index contributed by atoms with van der Waals surface area (Å²) in [5.74, 6) is 1.07. The first-order chi connectivity index (χ1) is 17.8. The van der Waals surface area contributed by atoms with Crippen LogP contribution in [0.2, 0.25) is 0 Å². The maximum absolute atomic E-state index is 12.1. The number of aromatic nitrogens is 2. The molecule has 2 amide bonds. The molecule has 0 aliphatic carbocycles. The maximum Gasteiger partial charge on any atom is 0.271 e. The van der Waals surface area contributed by atoms with E-state index in [0.717, 1.165) is 63.5 Å². The predicted octanol–water partition coefficient (Wildman–Crippen LogP) is 2.12. The van der Waals surface area contributed by atoms with E-state index in [1.54, 1.807) is 18.1 Å². The zero-order valence-corrected chi connectivity index (χ0v) is 22.3. The molecule has 10 heteroatoms. The predicted molar refractivity (Wildman–Crippen MR) is 146 cm³/mol. The third kappa shape index (κ3) is 6.95. The van der Waals surface area contributed by atoms with Crippen LogP contribution >= 0.6 is 0 Å². The normalized spacial score (nSPS) is 19.1. The van der Waals surface area contributed by atoms with Crippen LogP contribution < -0.4 is 16.0 Å². The fourth-order valence-electron chi connectivity index (χ4n) is 5.19. The standard InChI is InChI=1S/C27H40N8O2/c1-32-13-10-21(11-14-32)20-6-8-22(9-7-20)30-27-25(26(28)37)29-17-24(31-27)35-12-4-5-23(18-35)34(3)16-15-33(2)19-36/h6-9,17,19,21,23H,4-5,10-16,18H2,1-3H3,(H2,28,37)(H,30,31). The Morgan fingerprint density at radius 2 is 1.86 bits per heavy atom. The Hall–Kier alpha value is -3.24. The molecule has 0 bridgehead atoms. The smallest absolute Gasteiger partial charge is 0.271 e. The lowest BCUT2D eigenvalue weighted by Crippen LogP contribution is -2.48. The Labute approximate surface area is 219 Å². The summed E-state index contributed by atoms with van der Waals surface area (Å²) < 4.78 is 0. The Bertz CT molecular complexity index is 1050. The molecule has 2 fully saturated rings. The van der Waals surface area contributed by atoms with Crippen molar-refractivity contribution in [3.8, 4) is 0 Å². The molecule has 0 spiro atoms. The number of likely N-dealkylation sites (N-methyl/N-ethyl adjacent to an activating group) is 2. The minimum absolute atomic E-state index is 0.130. The molecule has 1 aromatic heterocycles. The number of primary amides is 1. The van der Waals surface area contributed by atoms with Crippen LogP contribution in [0.4, 0.5) is 17.3 Å². The van der Waals surface area contributed by atoms with Gasteiger partial charge >= 0.3 is 0 Å². The van der Waals surface area contributed by atoms with Crippen molar-refractivity contribution < 1.29 is 9.59 Å². The molecule has 2 aromatic rings. The van der Waals surface area contributed by atoms with E-state index in [4.69, 9.17) is 10.7 Å². The van der Waals surface area contributed by atoms with Gasteiger partial charge in [-0.1, -0.05) is 12.1 Å². The van der Waals surface area contributed by atoms with Crippen LogP contribution in [0.3, 0.4) is 0 Å². The molecule has 37 heavy (non-hydrogen) atoms. The minimum Gasteiger partial charge on any atom is -0.364 e. The third-order valence-corrected chi connectivity index (χ3v) is 7.69. The van der Waals surface area contributed by atoms with E-state index in [-0.39, 0.29) is 5.69 Å². The molecule has 2 aliphatic heterocycles. The second kappa shape index (κ2) is 12.3. The Kier molecular flexibility index (Phi) is 8.94. The van der Waals surface area contributed by atoms with Crippen molar-refractivity contribution in [3.05, 3.63) is 41.7 Å². The van der Waals surface area contributed by atoms with Crippen molar-refractivity contribution in [3.63, 3.8) is 0 Å². The van der Waals surface area contributed by atoms with Crippen LogP contribution in [0, 0.1) is 0 Å². The summed E-state index contributed by atoms with van der Waals surface area (Å²) in [6, 6.07) is 8.73. The summed E-state index contributed by atoms with van der Waals surface area (Å²) in [5, 5.41) is 3.29. The van der Waals surface area contributed by atoms with E-state index in [1.807, 2.05) is 12.1 Å². The summed E-state index contributed by atoms with van der Waals surface area (Å²) in [5.41, 5.74) is 7.95. The molecule has 4 rings (SSSR count). The molecule has 2 aliphatic rings. The van der Waals surface area contributed by atoms with Crippen LogP contribution in [0.1, 0.15) is 47.7 Å². The number of carbonyl (C=O) groups is 2. The number of likely N-dealkylation sites (tertiary alicyclic amines) is 1. The van der Waals surface area contributed by atoms with Gasteiger partial charge in [0.25, 0.3) is 5.91 Å². The van der Waals surface area contributed by atoms with Gasteiger partial charge in [-0.3, -0.25) is 14.5 Å². The highest BCUT2D eigenvalue weighted by Crippen LogP contribution is 2.29. The zero-order chi connectivity index (χ0) is 26.4. The molecule has 3 N–H and O–H groups in total. The van der Waals surface area contributed by atoms with Crippen LogP contribution in [0.25, 0.3) is 0 Å². The van der Waals surface area contributed by atoms with Crippen molar-refractivity contribution in [1.82, 2.24) is 24.7 Å². The summed E-state index contributed by atoms with van der Waals surface area (Å²) in [6.45, 7) is 5.41. The van der Waals surface area contributed by atoms with Crippen molar-refractivity contribution in [2.75, 3.05) is 70.6 Å². The number of nitrogens with two attached hydrogens (primary N) is 1. The molecule has 2 saturated heterocycles. The molecular formula is C27H40N8O2. The summed E-state index contributed by atoms with van der Waals surface area (Å²) >= 11 is 0. The van der Waals surface area contributed by atoms with Crippen LogP contribution in [0.5, 0.6) is 0 Å². The number of piperidine rings is 2. The highest BCUT2D eigenvalue weighted by atomic mass is 16.1. The molecule has 1 aromatic carbocycles. The second-order valence-electron chi connectivity index (χ2n) is 10.4. The molecule has 0 saturated carbocycles. The van der Waals surface area contributed by atoms with Gasteiger partial charge in [0, 0.05) is 45.0 Å². The molecule has 1 atom stereocenters. The SMILES string of the molecule is CN(C=O)CCN(C)C1CCCN(c2cnc(C(N)=O)c(Nc3ccc(C4CCN(C)CC4)cc3)n2)C1. The van der Waals surface area contributed by atoms with Crippen molar-refractivity contribution in [1.29, 1.82) is 0 Å². The highest BCUT2D eigenvalue weighted by Gasteiger charge is 2.26. The van der Waals surface area contributed by atoms with Crippen molar-refractivity contribution in [2.24, 2.45) is 5.73 Å². The molecule has 3 heterocycles. The monoisotopic (exact) mass is 508 g/mol. The van der Waals surface area contributed by atoms with Crippen molar-refractivity contribution >= 4 is 29.6 Å². The van der Waals surface area contributed by atoms with Gasteiger partial charge in [0.15, 0.2) is 11.5 Å². The van der Waals surface area contributed by atoms with E-state index in [9.17, 15) is 9.59 Å². The number of hydrogen-bond donors (Lipinski definition) is 2. The maximum atomic E-state index is 12.1. The number of nitrogens with one attached hydrogen (secondary N) is 1. The second-order valence-corrected chi connectivity index (χ2v) is 10.4. The Balaban J connectivity index is 1.46. The number of hydrogen-bond acceptors (Lipinski definition) is 8. The first-order valence-corrected chi connectivity index (χ1v) is 13.2. The molecule has 0 radical (unpaired) electrons. The number of amides is 2. The Morgan fingerprint density at radius 1 is 1.14 bits per heavy atom. The molecule has 10 nitrogen and oxygen atoms in total. The van der Waals surface area contributed by atoms with Gasteiger partial charge in [-0.25, -0.2) is 9.97 Å². The highest BCUT2D eigenvalue weighted by molar-refractivity contribution is 5.96. The van der Waals surface area contributed by atoms with E-state index in [2.05, 4.69) is 51.2 Å². The Morgan fingerprint density at radius 3 is 2.54 bits per heavy atom. The van der Waals surface area contributed by atoms with Gasteiger partial charge in [-0.2, -0.15) is 0 Å². The molecule has 1 unspecified atom stereocenters. The average Bonchev–Trinajstić information content (AvgIpc) is 2.92. The summed E-state index contributed by atoms with van der Waals surface area (Å²) in [6.07, 6.45) is 6.94.